The predicted molar refractivity (Wildman–Crippen MR) is 88.3 cm³/mol. The van der Waals surface area contributed by atoms with Gasteiger partial charge in [-0.1, -0.05) is 11.6 Å². The van der Waals surface area contributed by atoms with E-state index in [4.69, 9.17) is 16.6 Å². The van der Waals surface area contributed by atoms with E-state index in [0.29, 0.717) is 11.8 Å². The molecule has 0 N–H and O–H groups in total. The fourth-order valence-corrected chi connectivity index (χ4v) is 5.07. The first-order valence-electron chi connectivity index (χ1n) is 8.01. The molecule has 114 valence electrons. The molecule has 0 radical (unpaired) electrons. The molecule has 1 aromatic heterocycles. The van der Waals surface area contributed by atoms with Gasteiger partial charge in [0.2, 0.25) is 5.91 Å². The Labute approximate surface area is 138 Å². The van der Waals surface area contributed by atoms with E-state index in [1.807, 2.05) is 12.1 Å². The number of halogens is 1. The molecule has 0 spiro atoms. The maximum atomic E-state index is 12.4. The van der Waals surface area contributed by atoms with Crippen LogP contribution in [0, 0.1) is 11.3 Å². The van der Waals surface area contributed by atoms with Crippen molar-refractivity contribution in [1.29, 1.82) is 0 Å². The zero-order valence-corrected chi connectivity index (χ0v) is 13.8. The lowest BCUT2D eigenvalue weighted by atomic mass is 9.96. The topological polar surface area (TPSA) is 33.2 Å². The SMILES string of the molecule is O=C(N1CCC(c2nc3cc(Cl)ccc3s2)CC1)C12CC1C2. The van der Waals surface area contributed by atoms with E-state index in [1.54, 1.807) is 11.3 Å². The molecule has 5 heteroatoms. The summed E-state index contributed by atoms with van der Waals surface area (Å²) in [4.78, 5) is 19.3. The molecule has 1 aliphatic heterocycles. The third-order valence-corrected chi connectivity index (χ3v) is 7.04. The Morgan fingerprint density at radius 3 is 2.73 bits per heavy atom. The Hall–Kier alpha value is -1.13. The van der Waals surface area contributed by atoms with E-state index < -0.39 is 0 Å². The van der Waals surface area contributed by atoms with Gasteiger partial charge in [-0.15, -0.1) is 11.3 Å². The Morgan fingerprint density at radius 2 is 2.05 bits per heavy atom. The maximum Gasteiger partial charge on any atom is 0.229 e. The van der Waals surface area contributed by atoms with Crippen molar-refractivity contribution in [3.05, 3.63) is 28.2 Å². The number of amides is 1. The molecule has 22 heavy (non-hydrogen) atoms. The zero-order valence-electron chi connectivity index (χ0n) is 12.2. The molecule has 0 unspecified atom stereocenters. The van der Waals surface area contributed by atoms with Crippen LogP contribution in [0.1, 0.15) is 36.6 Å². The molecule has 2 aliphatic carbocycles. The van der Waals surface area contributed by atoms with Gasteiger partial charge in [0.1, 0.15) is 0 Å². The van der Waals surface area contributed by atoms with Crippen molar-refractivity contribution < 1.29 is 4.79 Å². The number of nitrogens with zero attached hydrogens (tertiary/aromatic N) is 2. The molecule has 2 aromatic rings. The van der Waals surface area contributed by atoms with E-state index in [0.717, 1.165) is 55.2 Å². The van der Waals surface area contributed by atoms with E-state index in [-0.39, 0.29) is 5.41 Å². The molecule has 5 rings (SSSR count). The van der Waals surface area contributed by atoms with Crippen molar-refractivity contribution in [3.8, 4) is 0 Å². The molecule has 2 heterocycles. The summed E-state index contributed by atoms with van der Waals surface area (Å²) in [6, 6.07) is 5.92. The van der Waals surface area contributed by atoms with Gasteiger partial charge in [0.15, 0.2) is 0 Å². The van der Waals surface area contributed by atoms with Gasteiger partial charge in [-0.05, 0) is 49.8 Å². The summed E-state index contributed by atoms with van der Waals surface area (Å²) >= 11 is 7.82. The largest absolute Gasteiger partial charge is 0.342 e. The van der Waals surface area contributed by atoms with E-state index in [2.05, 4.69) is 11.0 Å². The van der Waals surface area contributed by atoms with Gasteiger partial charge in [0, 0.05) is 24.0 Å². The number of piperidine rings is 1. The van der Waals surface area contributed by atoms with E-state index in [1.165, 1.54) is 9.71 Å². The van der Waals surface area contributed by atoms with Crippen LogP contribution < -0.4 is 0 Å². The second-order valence-electron chi connectivity index (χ2n) is 6.99. The standard InChI is InChI=1S/C17H17ClN2OS/c18-12-1-2-14-13(7-12)19-15(22-14)10-3-5-20(6-4-10)16(21)17-8-11(17)9-17/h1-2,7,10-11H,3-6,8-9H2. The lowest BCUT2D eigenvalue weighted by Crippen LogP contribution is -2.40. The predicted octanol–water partition coefficient (Wildman–Crippen LogP) is 4.07. The van der Waals surface area contributed by atoms with Crippen LogP contribution in [0.25, 0.3) is 10.2 Å². The van der Waals surface area contributed by atoms with Gasteiger partial charge in [-0.3, -0.25) is 4.79 Å². The number of aromatic nitrogens is 1. The molecule has 3 fully saturated rings. The number of carbonyl (C=O) groups is 1. The highest BCUT2D eigenvalue weighted by molar-refractivity contribution is 7.18. The first kappa shape index (κ1) is 13.3. The third kappa shape index (κ3) is 1.93. The highest BCUT2D eigenvalue weighted by atomic mass is 35.5. The highest BCUT2D eigenvalue weighted by Crippen LogP contribution is 2.76. The van der Waals surface area contributed by atoms with Crippen LogP contribution in [-0.2, 0) is 4.79 Å². The molecule has 3 nitrogen and oxygen atoms in total. The summed E-state index contributed by atoms with van der Waals surface area (Å²) in [5.74, 6) is 1.67. The van der Waals surface area contributed by atoms with Crippen LogP contribution in [0.15, 0.2) is 18.2 Å². The van der Waals surface area contributed by atoms with Gasteiger partial charge >= 0.3 is 0 Å². The van der Waals surface area contributed by atoms with Crippen LogP contribution in [0.2, 0.25) is 5.02 Å². The van der Waals surface area contributed by atoms with Gasteiger partial charge in [0.25, 0.3) is 0 Å². The van der Waals surface area contributed by atoms with Gasteiger partial charge in [-0.25, -0.2) is 4.98 Å². The van der Waals surface area contributed by atoms with Gasteiger partial charge < -0.3 is 4.90 Å². The number of fused-ring (bicyclic) bond motifs is 2. The summed E-state index contributed by atoms with van der Waals surface area (Å²) in [6.07, 6.45) is 4.40. The number of likely N-dealkylation sites (tertiary alicyclic amines) is 1. The number of hydrogen-bond acceptors (Lipinski definition) is 3. The van der Waals surface area contributed by atoms with Crippen LogP contribution in [0.5, 0.6) is 0 Å². The summed E-state index contributed by atoms with van der Waals surface area (Å²) in [7, 11) is 0. The fourth-order valence-electron chi connectivity index (χ4n) is 3.79. The van der Waals surface area contributed by atoms with Gasteiger partial charge in [0.05, 0.1) is 20.6 Å². The smallest absolute Gasteiger partial charge is 0.229 e. The number of rotatable bonds is 2. The third-order valence-electron chi connectivity index (χ3n) is 5.61. The van der Waals surface area contributed by atoms with Crippen molar-refractivity contribution >= 4 is 39.1 Å². The van der Waals surface area contributed by atoms with Gasteiger partial charge in [-0.2, -0.15) is 0 Å². The second-order valence-corrected chi connectivity index (χ2v) is 8.49. The van der Waals surface area contributed by atoms with Crippen LogP contribution in [0.4, 0.5) is 0 Å². The quantitative estimate of drug-likeness (QED) is 0.830. The first-order valence-corrected chi connectivity index (χ1v) is 9.20. The number of thiazole rings is 1. The summed E-state index contributed by atoms with van der Waals surface area (Å²) in [6.45, 7) is 1.79. The van der Waals surface area contributed by atoms with Crippen LogP contribution in [-0.4, -0.2) is 28.9 Å². The Kier molecular flexibility index (Phi) is 2.70. The first-order chi connectivity index (χ1) is 10.7. The fraction of sp³-hybridized carbons (Fsp3) is 0.529. The summed E-state index contributed by atoms with van der Waals surface area (Å²) in [5, 5.41) is 1.95. The van der Waals surface area contributed by atoms with Crippen molar-refractivity contribution in [1.82, 2.24) is 9.88 Å². The Morgan fingerprint density at radius 1 is 1.32 bits per heavy atom. The lowest BCUT2D eigenvalue weighted by Gasteiger charge is -2.32. The maximum absolute atomic E-state index is 12.4. The highest BCUT2D eigenvalue weighted by Gasteiger charge is 2.75. The van der Waals surface area contributed by atoms with Crippen molar-refractivity contribution in [2.75, 3.05) is 13.1 Å². The van der Waals surface area contributed by atoms with Crippen molar-refractivity contribution in [3.63, 3.8) is 0 Å². The minimum absolute atomic E-state index is 0.124. The molecule has 1 saturated heterocycles. The Balaban J connectivity index is 1.31. The van der Waals surface area contributed by atoms with Crippen molar-refractivity contribution in [2.24, 2.45) is 11.3 Å². The molecule has 0 atom stereocenters. The molecule has 1 aromatic carbocycles. The summed E-state index contributed by atoms with van der Waals surface area (Å²) in [5.41, 5.74) is 1.13. The normalized spacial score (nSPS) is 30.4. The number of benzene rings is 1. The molecule has 2 saturated carbocycles. The molecular weight excluding hydrogens is 316 g/mol. The number of hydrogen-bond donors (Lipinski definition) is 0. The summed E-state index contributed by atoms with van der Waals surface area (Å²) < 4.78 is 1.20. The Bertz CT molecular complexity index is 772. The number of carbonyl (C=O) groups excluding carboxylic acids is 1. The monoisotopic (exact) mass is 332 g/mol. The van der Waals surface area contributed by atoms with Crippen molar-refractivity contribution in [2.45, 2.75) is 31.6 Å². The zero-order chi connectivity index (χ0) is 14.9. The van der Waals surface area contributed by atoms with E-state index in [9.17, 15) is 4.79 Å². The van der Waals surface area contributed by atoms with Crippen LogP contribution in [0.3, 0.4) is 0 Å². The minimum atomic E-state index is 0.124. The molecule has 3 aliphatic rings. The lowest BCUT2D eigenvalue weighted by molar-refractivity contribution is -0.135. The minimum Gasteiger partial charge on any atom is -0.342 e. The molecular formula is C17H17ClN2OS. The molecule has 0 bridgehead atoms. The average Bonchev–Trinajstić information content (AvgIpc) is 3.35. The average molecular weight is 333 g/mol. The second kappa shape index (κ2) is 4.45. The van der Waals surface area contributed by atoms with Crippen LogP contribution >= 0.6 is 22.9 Å². The van der Waals surface area contributed by atoms with E-state index >= 15 is 0 Å². The molecule has 1 amide bonds.